The van der Waals surface area contributed by atoms with Crippen LogP contribution in [-0.2, 0) is 0 Å². The van der Waals surface area contributed by atoms with E-state index in [-0.39, 0.29) is 6.61 Å². The maximum atomic E-state index is 9.07. The van der Waals surface area contributed by atoms with Crippen molar-refractivity contribution in [2.75, 3.05) is 6.61 Å². The SMILES string of the molecule is OCC(O)c1cc[c]cc1. The predicted molar refractivity (Wildman–Crippen MR) is 37.3 cm³/mol. The minimum atomic E-state index is -0.755. The Morgan fingerprint density at radius 2 is 2.00 bits per heavy atom. The molecule has 2 nitrogen and oxygen atoms in total. The summed E-state index contributed by atoms with van der Waals surface area (Å²) in [5.41, 5.74) is 0.723. The van der Waals surface area contributed by atoms with E-state index in [1.165, 1.54) is 0 Å². The molecule has 2 heteroatoms. The summed E-state index contributed by atoms with van der Waals surface area (Å²) in [5, 5.41) is 17.6. The molecular formula is C8H9O2. The third-order valence-corrected chi connectivity index (χ3v) is 1.30. The molecular weight excluding hydrogens is 128 g/mol. The molecule has 1 aromatic rings. The van der Waals surface area contributed by atoms with Crippen molar-refractivity contribution < 1.29 is 10.2 Å². The Kier molecular flexibility index (Phi) is 2.42. The van der Waals surface area contributed by atoms with Crippen molar-refractivity contribution in [3.8, 4) is 0 Å². The minimum absolute atomic E-state index is 0.232. The second-order valence-electron chi connectivity index (χ2n) is 2.03. The van der Waals surface area contributed by atoms with E-state index in [1.807, 2.05) is 0 Å². The fourth-order valence-corrected chi connectivity index (χ4v) is 0.727. The lowest BCUT2D eigenvalue weighted by Crippen LogP contribution is -2.01. The summed E-state index contributed by atoms with van der Waals surface area (Å²) in [5.74, 6) is 0. The molecule has 1 atom stereocenters. The second-order valence-corrected chi connectivity index (χ2v) is 2.03. The Balaban J connectivity index is 2.75. The van der Waals surface area contributed by atoms with Gasteiger partial charge in [-0.05, 0) is 11.6 Å². The lowest BCUT2D eigenvalue weighted by atomic mass is 10.1. The molecule has 1 unspecified atom stereocenters. The first-order valence-corrected chi connectivity index (χ1v) is 3.09. The number of hydrogen-bond acceptors (Lipinski definition) is 2. The molecule has 0 aliphatic carbocycles. The lowest BCUT2D eigenvalue weighted by Gasteiger charge is -2.04. The molecule has 1 rings (SSSR count). The number of rotatable bonds is 2. The molecule has 0 spiro atoms. The van der Waals surface area contributed by atoms with Crippen molar-refractivity contribution in [1.82, 2.24) is 0 Å². The lowest BCUT2D eigenvalue weighted by molar-refractivity contribution is 0.0956. The molecule has 1 aromatic carbocycles. The maximum Gasteiger partial charge on any atom is 0.102 e. The Labute approximate surface area is 59.7 Å². The average Bonchev–Trinajstić information content (AvgIpc) is 2.05. The number of aliphatic hydroxyl groups is 2. The fourth-order valence-electron chi connectivity index (χ4n) is 0.727. The zero-order chi connectivity index (χ0) is 7.40. The first kappa shape index (κ1) is 7.25. The Hall–Kier alpha value is -0.860. The van der Waals surface area contributed by atoms with Gasteiger partial charge in [-0.1, -0.05) is 24.3 Å². The van der Waals surface area contributed by atoms with Crippen molar-refractivity contribution in [3.63, 3.8) is 0 Å². The van der Waals surface area contributed by atoms with E-state index in [2.05, 4.69) is 6.07 Å². The molecule has 53 valence electrons. The predicted octanol–water partition coefficient (Wildman–Crippen LogP) is 0.512. The molecule has 0 saturated heterocycles. The summed E-state index contributed by atoms with van der Waals surface area (Å²) in [6.45, 7) is -0.232. The van der Waals surface area contributed by atoms with Crippen LogP contribution in [0.2, 0.25) is 0 Å². The van der Waals surface area contributed by atoms with Crippen molar-refractivity contribution in [1.29, 1.82) is 0 Å². The highest BCUT2D eigenvalue weighted by molar-refractivity contribution is 5.16. The summed E-state index contributed by atoms with van der Waals surface area (Å²) in [7, 11) is 0. The zero-order valence-electron chi connectivity index (χ0n) is 5.49. The van der Waals surface area contributed by atoms with Crippen LogP contribution in [-0.4, -0.2) is 16.8 Å². The van der Waals surface area contributed by atoms with E-state index in [1.54, 1.807) is 24.3 Å². The molecule has 0 amide bonds. The van der Waals surface area contributed by atoms with Crippen LogP contribution in [0.15, 0.2) is 24.3 Å². The van der Waals surface area contributed by atoms with Crippen LogP contribution in [0.3, 0.4) is 0 Å². The van der Waals surface area contributed by atoms with Crippen LogP contribution in [0.1, 0.15) is 11.7 Å². The van der Waals surface area contributed by atoms with Crippen LogP contribution in [0.4, 0.5) is 0 Å². The minimum Gasteiger partial charge on any atom is -0.393 e. The van der Waals surface area contributed by atoms with Gasteiger partial charge in [0.05, 0.1) is 6.61 Å². The van der Waals surface area contributed by atoms with E-state index in [0.717, 1.165) is 5.56 Å². The molecule has 1 radical (unpaired) electrons. The number of aliphatic hydroxyl groups excluding tert-OH is 2. The van der Waals surface area contributed by atoms with Gasteiger partial charge in [-0.3, -0.25) is 0 Å². The van der Waals surface area contributed by atoms with Gasteiger partial charge in [0.2, 0.25) is 0 Å². The topological polar surface area (TPSA) is 40.5 Å². The molecule has 0 bridgehead atoms. The van der Waals surface area contributed by atoms with E-state index in [9.17, 15) is 0 Å². The van der Waals surface area contributed by atoms with Crippen LogP contribution in [0, 0.1) is 6.07 Å². The highest BCUT2D eigenvalue weighted by Gasteiger charge is 2.02. The van der Waals surface area contributed by atoms with Gasteiger partial charge in [0.1, 0.15) is 6.10 Å². The first-order valence-electron chi connectivity index (χ1n) is 3.09. The van der Waals surface area contributed by atoms with Crippen molar-refractivity contribution in [2.45, 2.75) is 6.10 Å². The molecule has 0 saturated carbocycles. The summed E-state index contributed by atoms with van der Waals surface area (Å²) in [4.78, 5) is 0. The van der Waals surface area contributed by atoms with E-state index >= 15 is 0 Å². The zero-order valence-corrected chi connectivity index (χ0v) is 5.49. The largest absolute Gasteiger partial charge is 0.393 e. The van der Waals surface area contributed by atoms with E-state index < -0.39 is 6.10 Å². The van der Waals surface area contributed by atoms with Gasteiger partial charge >= 0.3 is 0 Å². The van der Waals surface area contributed by atoms with Gasteiger partial charge < -0.3 is 10.2 Å². The molecule has 0 fully saturated rings. The molecule has 0 aliphatic rings. The third-order valence-electron chi connectivity index (χ3n) is 1.30. The molecule has 0 aliphatic heterocycles. The van der Waals surface area contributed by atoms with Crippen LogP contribution in [0.25, 0.3) is 0 Å². The van der Waals surface area contributed by atoms with Crippen molar-refractivity contribution in [3.05, 3.63) is 35.9 Å². The number of hydrogen-bond donors (Lipinski definition) is 2. The molecule has 0 heterocycles. The van der Waals surface area contributed by atoms with E-state index in [4.69, 9.17) is 10.2 Å². The molecule has 10 heavy (non-hydrogen) atoms. The van der Waals surface area contributed by atoms with Gasteiger partial charge in [0.25, 0.3) is 0 Å². The first-order chi connectivity index (χ1) is 4.84. The fraction of sp³-hybridized carbons (Fsp3) is 0.250. The molecule has 2 N–H and O–H groups in total. The van der Waals surface area contributed by atoms with Gasteiger partial charge in [-0.2, -0.15) is 0 Å². The van der Waals surface area contributed by atoms with Gasteiger partial charge in [-0.15, -0.1) is 0 Å². The summed E-state index contributed by atoms with van der Waals surface area (Å²) >= 11 is 0. The smallest absolute Gasteiger partial charge is 0.102 e. The monoisotopic (exact) mass is 137 g/mol. The average molecular weight is 137 g/mol. The Bertz CT molecular complexity index is 184. The Morgan fingerprint density at radius 3 is 2.50 bits per heavy atom. The number of benzene rings is 1. The van der Waals surface area contributed by atoms with Crippen LogP contribution >= 0.6 is 0 Å². The van der Waals surface area contributed by atoms with Crippen LogP contribution in [0.5, 0.6) is 0 Å². The van der Waals surface area contributed by atoms with Gasteiger partial charge in [0, 0.05) is 0 Å². The molecule has 0 aromatic heterocycles. The third kappa shape index (κ3) is 1.56. The summed E-state index contributed by atoms with van der Waals surface area (Å²) in [6.07, 6.45) is -0.755. The summed E-state index contributed by atoms with van der Waals surface area (Å²) < 4.78 is 0. The van der Waals surface area contributed by atoms with Crippen molar-refractivity contribution >= 4 is 0 Å². The standard InChI is InChI=1S/C8H9O2/c9-6-8(10)7-4-2-1-3-5-7/h2-5,8-10H,6H2. The second kappa shape index (κ2) is 3.34. The summed E-state index contributed by atoms with van der Waals surface area (Å²) in [6, 6.07) is 9.67. The highest BCUT2D eigenvalue weighted by Crippen LogP contribution is 2.09. The van der Waals surface area contributed by atoms with Crippen LogP contribution < -0.4 is 0 Å². The Morgan fingerprint density at radius 1 is 1.40 bits per heavy atom. The van der Waals surface area contributed by atoms with Crippen molar-refractivity contribution in [2.24, 2.45) is 0 Å². The normalized spacial score (nSPS) is 13.0. The van der Waals surface area contributed by atoms with Gasteiger partial charge in [0.15, 0.2) is 0 Å². The maximum absolute atomic E-state index is 9.07. The highest BCUT2D eigenvalue weighted by atomic mass is 16.3. The quantitative estimate of drug-likeness (QED) is 0.623. The van der Waals surface area contributed by atoms with E-state index in [0.29, 0.717) is 0 Å². The van der Waals surface area contributed by atoms with Gasteiger partial charge in [-0.25, -0.2) is 0 Å².